The number of hydrogen-bond donors (Lipinski definition) is 1. The van der Waals surface area contributed by atoms with Crippen molar-refractivity contribution in [3.8, 4) is 0 Å². The smallest absolute Gasteiger partial charge is 0.0798 e. The Bertz CT molecular complexity index is 309. The van der Waals surface area contributed by atoms with E-state index in [1.54, 1.807) is 11.3 Å². The normalized spacial score (nSPS) is 10.5. The predicted octanol–water partition coefficient (Wildman–Crippen LogP) is 2.13. The lowest BCUT2D eigenvalue weighted by Crippen LogP contribution is -2.19. The predicted molar refractivity (Wildman–Crippen MR) is 64.2 cm³/mol. The number of hydrogen-bond acceptors (Lipinski definition) is 4. The number of thiazole rings is 1. The topological polar surface area (TPSA) is 34.1 Å². The maximum atomic E-state index is 5.37. The molecule has 0 atom stereocenters. The van der Waals surface area contributed by atoms with Gasteiger partial charge in [-0.15, -0.1) is 11.3 Å². The molecule has 4 heteroatoms. The van der Waals surface area contributed by atoms with Gasteiger partial charge in [-0.2, -0.15) is 0 Å². The molecule has 1 N–H and O–H groups in total. The minimum atomic E-state index is 0.654. The summed E-state index contributed by atoms with van der Waals surface area (Å²) in [6, 6.07) is 0. The SMILES string of the molecule is C=C(C)COCCNCc1scnc1C. The van der Waals surface area contributed by atoms with Gasteiger partial charge in [0.15, 0.2) is 0 Å². The van der Waals surface area contributed by atoms with E-state index >= 15 is 0 Å². The molecular weight excluding hydrogens is 208 g/mol. The molecule has 0 unspecified atom stereocenters. The minimum absolute atomic E-state index is 0.654. The molecule has 0 bridgehead atoms. The molecule has 0 fully saturated rings. The molecule has 0 radical (unpaired) electrons. The lowest BCUT2D eigenvalue weighted by atomic mass is 10.4. The fourth-order valence-electron chi connectivity index (χ4n) is 1.09. The molecule has 0 aliphatic heterocycles. The summed E-state index contributed by atoms with van der Waals surface area (Å²) in [5, 5.41) is 3.32. The monoisotopic (exact) mass is 226 g/mol. The average Bonchev–Trinajstić information content (AvgIpc) is 2.57. The van der Waals surface area contributed by atoms with Gasteiger partial charge < -0.3 is 10.1 Å². The molecule has 0 amide bonds. The molecule has 3 nitrogen and oxygen atoms in total. The van der Waals surface area contributed by atoms with Crippen LogP contribution in [-0.2, 0) is 11.3 Å². The van der Waals surface area contributed by atoms with Crippen LogP contribution in [0.3, 0.4) is 0 Å². The average molecular weight is 226 g/mol. The van der Waals surface area contributed by atoms with Crippen molar-refractivity contribution in [2.45, 2.75) is 20.4 Å². The quantitative estimate of drug-likeness (QED) is 0.571. The van der Waals surface area contributed by atoms with Gasteiger partial charge in [-0.1, -0.05) is 12.2 Å². The maximum absolute atomic E-state index is 5.37. The summed E-state index contributed by atoms with van der Waals surface area (Å²) in [4.78, 5) is 5.49. The van der Waals surface area contributed by atoms with Crippen molar-refractivity contribution in [2.24, 2.45) is 0 Å². The van der Waals surface area contributed by atoms with Gasteiger partial charge in [0.1, 0.15) is 0 Å². The first kappa shape index (κ1) is 12.4. The summed E-state index contributed by atoms with van der Waals surface area (Å²) >= 11 is 1.69. The van der Waals surface area contributed by atoms with Gasteiger partial charge in [-0.25, -0.2) is 4.98 Å². The van der Waals surface area contributed by atoms with Crippen LogP contribution < -0.4 is 5.32 Å². The van der Waals surface area contributed by atoms with E-state index in [4.69, 9.17) is 4.74 Å². The Morgan fingerprint density at radius 3 is 3.07 bits per heavy atom. The van der Waals surface area contributed by atoms with E-state index in [2.05, 4.69) is 16.9 Å². The zero-order chi connectivity index (χ0) is 11.1. The lowest BCUT2D eigenvalue weighted by molar-refractivity contribution is 0.158. The Kier molecular flexibility index (Phi) is 5.53. The molecule has 1 rings (SSSR count). The van der Waals surface area contributed by atoms with Gasteiger partial charge in [0.25, 0.3) is 0 Å². The second-order valence-corrected chi connectivity index (χ2v) is 4.49. The van der Waals surface area contributed by atoms with Gasteiger partial charge in [0.05, 0.1) is 24.4 Å². The highest BCUT2D eigenvalue weighted by molar-refractivity contribution is 7.09. The fraction of sp³-hybridized carbons (Fsp3) is 0.545. The molecule has 0 saturated carbocycles. The number of nitrogens with one attached hydrogen (secondary N) is 1. The molecule has 1 aromatic heterocycles. The van der Waals surface area contributed by atoms with E-state index in [1.807, 2.05) is 19.4 Å². The fourth-order valence-corrected chi connectivity index (χ4v) is 1.84. The van der Waals surface area contributed by atoms with Gasteiger partial charge in [-0.3, -0.25) is 0 Å². The highest BCUT2D eigenvalue weighted by Gasteiger charge is 1.99. The summed E-state index contributed by atoms with van der Waals surface area (Å²) in [5.74, 6) is 0. The van der Waals surface area contributed by atoms with Gasteiger partial charge in [-0.05, 0) is 13.8 Å². The van der Waals surface area contributed by atoms with Crippen LogP contribution in [0.4, 0.5) is 0 Å². The van der Waals surface area contributed by atoms with E-state index in [0.29, 0.717) is 6.61 Å². The molecular formula is C11H18N2OS. The van der Waals surface area contributed by atoms with Crippen LogP contribution in [0.15, 0.2) is 17.7 Å². The summed E-state index contributed by atoms with van der Waals surface area (Å²) in [7, 11) is 0. The Morgan fingerprint density at radius 1 is 1.67 bits per heavy atom. The standard InChI is InChI=1S/C11H18N2OS/c1-9(2)7-14-5-4-12-6-11-10(3)13-8-15-11/h8,12H,1,4-7H2,2-3H3. The van der Waals surface area contributed by atoms with Crippen LogP contribution in [0.5, 0.6) is 0 Å². The van der Waals surface area contributed by atoms with E-state index < -0.39 is 0 Å². The van der Waals surface area contributed by atoms with Crippen LogP contribution in [0.2, 0.25) is 0 Å². The van der Waals surface area contributed by atoms with Crippen LogP contribution in [0, 0.1) is 6.92 Å². The van der Waals surface area contributed by atoms with Gasteiger partial charge in [0.2, 0.25) is 0 Å². The number of aromatic nitrogens is 1. The number of aryl methyl sites for hydroxylation is 1. The van der Waals surface area contributed by atoms with Crippen molar-refractivity contribution in [2.75, 3.05) is 19.8 Å². The Balaban J connectivity index is 2.03. The Morgan fingerprint density at radius 2 is 2.47 bits per heavy atom. The third-order valence-corrected chi connectivity index (χ3v) is 2.84. The zero-order valence-electron chi connectivity index (χ0n) is 9.38. The molecule has 0 aliphatic carbocycles. The lowest BCUT2D eigenvalue weighted by Gasteiger charge is -2.05. The Hall–Kier alpha value is -0.710. The number of ether oxygens (including phenoxy) is 1. The van der Waals surface area contributed by atoms with E-state index in [-0.39, 0.29) is 0 Å². The molecule has 1 heterocycles. The van der Waals surface area contributed by atoms with Gasteiger partial charge in [0, 0.05) is 18.0 Å². The first-order valence-corrected chi connectivity index (χ1v) is 5.90. The third kappa shape index (κ3) is 5.06. The van der Waals surface area contributed by atoms with E-state index in [9.17, 15) is 0 Å². The summed E-state index contributed by atoms with van der Waals surface area (Å²) in [5.41, 5.74) is 4.06. The largest absolute Gasteiger partial charge is 0.376 e. The van der Waals surface area contributed by atoms with Gasteiger partial charge >= 0.3 is 0 Å². The van der Waals surface area contributed by atoms with Crippen molar-refractivity contribution in [1.82, 2.24) is 10.3 Å². The summed E-state index contributed by atoms with van der Waals surface area (Å²) in [6.07, 6.45) is 0. The van der Waals surface area contributed by atoms with Crippen molar-refractivity contribution in [1.29, 1.82) is 0 Å². The molecule has 0 saturated heterocycles. The van der Waals surface area contributed by atoms with E-state index in [0.717, 1.165) is 31.0 Å². The summed E-state index contributed by atoms with van der Waals surface area (Å²) in [6.45, 7) is 10.9. The van der Waals surface area contributed by atoms with Crippen LogP contribution >= 0.6 is 11.3 Å². The minimum Gasteiger partial charge on any atom is -0.376 e. The highest BCUT2D eigenvalue weighted by Crippen LogP contribution is 2.10. The maximum Gasteiger partial charge on any atom is 0.0798 e. The molecule has 0 spiro atoms. The Labute approximate surface area is 95.2 Å². The molecule has 84 valence electrons. The van der Waals surface area contributed by atoms with Crippen molar-refractivity contribution >= 4 is 11.3 Å². The van der Waals surface area contributed by atoms with Crippen molar-refractivity contribution in [3.05, 3.63) is 28.2 Å². The zero-order valence-corrected chi connectivity index (χ0v) is 10.2. The summed E-state index contributed by atoms with van der Waals surface area (Å²) < 4.78 is 5.37. The third-order valence-electron chi connectivity index (χ3n) is 1.90. The van der Waals surface area contributed by atoms with Crippen molar-refractivity contribution in [3.63, 3.8) is 0 Å². The molecule has 0 aliphatic rings. The molecule has 1 aromatic rings. The first-order chi connectivity index (χ1) is 7.20. The first-order valence-electron chi connectivity index (χ1n) is 5.02. The van der Waals surface area contributed by atoms with E-state index in [1.165, 1.54) is 4.88 Å². The van der Waals surface area contributed by atoms with Crippen molar-refractivity contribution < 1.29 is 4.74 Å². The molecule has 15 heavy (non-hydrogen) atoms. The molecule has 0 aromatic carbocycles. The second-order valence-electron chi connectivity index (χ2n) is 3.55. The van der Waals surface area contributed by atoms with Crippen LogP contribution in [0.1, 0.15) is 17.5 Å². The number of rotatable bonds is 7. The highest BCUT2D eigenvalue weighted by atomic mass is 32.1. The second kappa shape index (κ2) is 6.71. The van der Waals surface area contributed by atoms with Crippen LogP contribution in [-0.4, -0.2) is 24.7 Å². The van der Waals surface area contributed by atoms with Crippen LogP contribution in [0.25, 0.3) is 0 Å². The number of nitrogens with zero attached hydrogens (tertiary/aromatic N) is 1.